The summed E-state index contributed by atoms with van der Waals surface area (Å²) in [5, 5.41) is 0. The smallest absolute Gasteiger partial charge is 0.0608 e. The summed E-state index contributed by atoms with van der Waals surface area (Å²) in [5.74, 6) is 0. The van der Waals surface area contributed by atoms with Crippen molar-refractivity contribution in [3.63, 3.8) is 0 Å². The van der Waals surface area contributed by atoms with Crippen LogP contribution in [-0.4, -0.2) is 0 Å². The van der Waals surface area contributed by atoms with E-state index >= 15 is 0 Å². The minimum absolute atomic E-state index is 0.316. The molecule has 1 heteroatoms. The van der Waals surface area contributed by atoms with Gasteiger partial charge in [0, 0.05) is 10.0 Å². The van der Waals surface area contributed by atoms with E-state index in [0.29, 0.717) is 0 Å². The summed E-state index contributed by atoms with van der Waals surface area (Å²) in [4.78, 5) is 0. The van der Waals surface area contributed by atoms with Crippen LogP contribution in [-0.2, 0) is 5.41 Å². The fourth-order valence-electron chi connectivity index (χ4n) is 4.84. The summed E-state index contributed by atoms with van der Waals surface area (Å²) >= 11 is 3.86. The Kier molecular flexibility index (Phi) is 4.26. The highest BCUT2D eigenvalue weighted by molar-refractivity contribution is 9.10. The molecule has 0 N–H and O–H groups in total. The zero-order valence-electron chi connectivity index (χ0n) is 17.0. The Labute approximate surface area is 181 Å². The van der Waals surface area contributed by atoms with Gasteiger partial charge in [-0.3, -0.25) is 0 Å². The van der Waals surface area contributed by atoms with Crippen molar-refractivity contribution in [2.24, 2.45) is 0 Å². The Morgan fingerprint density at radius 1 is 0.586 bits per heavy atom. The van der Waals surface area contributed by atoms with Crippen molar-refractivity contribution in [1.29, 1.82) is 0 Å². The van der Waals surface area contributed by atoms with Gasteiger partial charge in [-0.1, -0.05) is 111 Å². The maximum absolute atomic E-state index is 3.86. The van der Waals surface area contributed by atoms with Crippen LogP contribution in [0.25, 0.3) is 11.1 Å². The Bertz CT molecular complexity index is 1170. The summed E-state index contributed by atoms with van der Waals surface area (Å²) in [5.41, 5.74) is 11.5. The van der Waals surface area contributed by atoms with Crippen molar-refractivity contribution in [1.82, 2.24) is 0 Å². The van der Waals surface area contributed by atoms with E-state index in [9.17, 15) is 0 Å². The molecule has 0 heterocycles. The van der Waals surface area contributed by atoms with Crippen molar-refractivity contribution in [2.45, 2.75) is 26.2 Å². The van der Waals surface area contributed by atoms with Gasteiger partial charge in [0.05, 0.1) is 5.41 Å². The molecule has 0 unspecified atom stereocenters. The van der Waals surface area contributed by atoms with Crippen LogP contribution < -0.4 is 0 Å². The van der Waals surface area contributed by atoms with Crippen LogP contribution in [0.2, 0.25) is 0 Å². The standard InChI is InChI=1S/C28H23Br/c1-18-7-12-21(13-8-18)28(22-14-9-19(2)10-15-22)24-16-11-20(3)17-23(24)27-25(28)5-4-6-26(27)29/h4-17H,1-3H3. The minimum Gasteiger partial charge on any atom is -0.0608 e. The van der Waals surface area contributed by atoms with Crippen LogP contribution in [0.1, 0.15) is 38.9 Å². The molecule has 0 saturated heterocycles. The van der Waals surface area contributed by atoms with Gasteiger partial charge in [0.2, 0.25) is 0 Å². The molecule has 4 aromatic carbocycles. The van der Waals surface area contributed by atoms with E-state index in [2.05, 4.69) is 122 Å². The number of hydrogen-bond donors (Lipinski definition) is 0. The largest absolute Gasteiger partial charge is 0.0713 e. The van der Waals surface area contributed by atoms with Gasteiger partial charge < -0.3 is 0 Å². The molecular formula is C28H23Br. The average molecular weight is 439 g/mol. The van der Waals surface area contributed by atoms with Gasteiger partial charge in [-0.2, -0.15) is 0 Å². The second-order valence-corrected chi connectivity index (χ2v) is 9.05. The monoisotopic (exact) mass is 438 g/mol. The molecule has 0 fully saturated rings. The molecule has 142 valence electrons. The topological polar surface area (TPSA) is 0 Å². The first-order valence-electron chi connectivity index (χ1n) is 10.1. The highest BCUT2D eigenvalue weighted by Gasteiger charge is 2.46. The first-order valence-corrected chi connectivity index (χ1v) is 10.9. The number of aryl methyl sites for hydroxylation is 3. The van der Waals surface area contributed by atoms with E-state index in [4.69, 9.17) is 0 Å². The summed E-state index contributed by atoms with van der Waals surface area (Å²) in [7, 11) is 0. The Hall–Kier alpha value is -2.64. The normalized spacial score (nSPS) is 13.8. The first kappa shape index (κ1) is 18.4. The van der Waals surface area contributed by atoms with Crippen LogP contribution in [0, 0.1) is 20.8 Å². The van der Waals surface area contributed by atoms with E-state index in [1.165, 1.54) is 50.1 Å². The number of rotatable bonds is 2. The minimum atomic E-state index is -0.316. The van der Waals surface area contributed by atoms with Crippen LogP contribution in [0.5, 0.6) is 0 Å². The number of halogens is 1. The molecule has 0 spiro atoms. The fourth-order valence-corrected chi connectivity index (χ4v) is 5.42. The molecule has 0 bridgehead atoms. The average Bonchev–Trinajstić information content (AvgIpc) is 3.01. The van der Waals surface area contributed by atoms with Crippen molar-refractivity contribution < 1.29 is 0 Å². The van der Waals surface area contributed by atoms with Crippen molar-refractivity contribution in [3.05, 3.63) is 128 Å². The predicted molar refractivity (Wildman–Crippen MR) is 126 cm³/mol. The molecule has 1 aliphatic carbocycles. The Morgan fingerprint density at radius 2 is 1.14 bits per heavy atom. The molecule has 4 aromatic rings. The number of benzene rings is 4. The fraction of sp³-hybridized carbons (Fsp3) is 0.143. The molecule has 0 saturated carbocycles. The zero-order chi connectivity index (χ0) is 20.2. The SMILES string of the molecule is Cc1ccc(C2(c3ccc(C)cc3)c3ccc(C)cc3-c3c(Br)cccc32)cc1. The second kappa shape index (κ2) is 6.71. The summed E-state index contributed by atoms with van der Waals surface area (Å²) in [6.07, 6.45) is 0. The van der Waals surface area contributed by atoms with Gasteiger partial charge in [-0.05, 0) is 54.7 Å². The molecule has 0 amide bonds. The van der Waals surface area contributed by atoms with E-state index < -0.39 is 0 Å². The summed E-state index contributed by atoms with van der Waals surface area (Å²) in [6, 6.07) is 31.7. The van der Waals surface area contributed by atoms with E-state index in [0.717, 1.165) is 4.47 Å². The van der Waals surface area contributed by atoms with E-state index in [1.807, 2.05) is 0 Å². The van der Waals surface area contributed by atoms with Gasteiger partial charge in [0.25, 0.3) is 0 Å². The van der Waals surface area contributed by atoms with Crippen LogP contribution in [0.4, 0.5) is 0 Å². The molecule has 29 heavy (non-hydrogen) atoms. The van der Waals surface area contributed by atoms with Gasteiger partial charge >= 0.3 is 0 Å². The number of hydrogen-bond acceptors (Lipinski definition) is 0. The zero-order valence-corrected chi connectivity index (χ0v) is 18.5. The quantitative estimate of drug-likeness (QED) is 0.264. The predicted octanol–water partition coefficient (Wildman–Crippen LogP) is 7.74. The highest BCUT2D eigenvalue weighted by atomic mass is 79.9. The lowest BCUT2D eigenvalue weighted by Gasteiger charge is -2.34. The molecule has 0 aliphatic heterocycles. The van der Waals surface area contributed by atoms with Crippen LogP contribution in [0.3, 0.4) is 0 Å². The first-order chi connectivity index (χ1) is 14.0. The molecule has 0 nitrogen and oxygen atoms in total. The maximum Gasteiger partial charge on any atom is 0.0713 e. The highest BCUT2D eigenvalue weighted by Crippen LogP contribution is 2.57. The Morgan fingerprint density at radius 3 is 1.72 bits per heavy atom. The van der Waals surface area contributed by atoms with E-state index in [-0.39, 0.29) is 5.41 Å². The lowest BCUT2D eigenvalue weighted by atomic mass is 9.67. The maximum atomic E-state index is 3.86. The lowest BCUT2D eigenvalue weighted by Crippen LogP contribution is -2.28. The van der Waals surface area contributed by atoms with Crippen molar-refractivity contribution in [2.75, 3.05) is 0 Å². The molecular weight excluding hydrogens is 416 g/mol. The summed E-state index contributed by atoms with van der Waals surface area (Å²) < 4.78 is 1.16. The second-order valence-electron chi connectivity index (χ2n) is 8.19. The van der Waals surface area contributed by atoms with Crippen molar-refractivity contribution in [3.8, 4) is 11.1 Å². The van der Waals surface area contributed by atoms with E-state index in [1.54, 1.807) is 0 Å². The van der Waals surface area contributed by atoms with Gasteiger partial charge in [-0.15, -0.1) is 0 Å². The Balaban J connectivity index is 1.97. The molecule has 0 atom stereocenters. The third-order valence-corrected chi connectivity index (χ3v) is 6.90. The lowest BCUT2D eigenvalue weighted by molar-refractivity contribution is 0.767. The summed E-state index contributed by atoms with van der Waals surface area (Å²) in [6.45, 7) is 6.48. The van der Waals surface area contributed by atoms with Gasteiger partial charge in [-0.25, -0.2) is 0 Å². The molecule has 0 aromatic heterocycles. The molecule has 0 radical (unpaired) electrons. The molecule has 1 aliphatic rings. The molecule has 5 rings (SSSR count). The van der Waals surface area contributed by atoms with Crippen LogP contribution >= 0.6 is 15.9 Å². The van der Waals surface area contributed by atoms with Gasteiger partial charge in [0.15, 0.2) is 0 Å². The number of fused-ring (bicyclic) bond motifs is 3. The van der Waals surface area contributed by atoms with Crippen molar-refractivity contribution >= 4 is 15.9 Å². The van der Waals surface area contributed by atoms with Crippen LogP contribution in [0.15, 0.2) is 89.4 Å². The third kappa shape index (κ3) is 2.64. The third-order valence-electron chi connectivity index (χ3n) is 6.24. The van der Waals surface area contributed by atoms with Gasteiger partial charge in [0.1, 0.15) is 0 Å².